The second-order valence-corrected chi connectivity index (χ2v) is 6.96. The largest absolute Gasteiger partial charge is 0.478 e. The molecule has 0 bridgehead atoms. The number of rotatable bonds is 7. The maximum atomic E-state index is 12.5. The molecule has 8 heteroatoms. The molecule has 1 aromatic heterocycles. The van der Waals surface area contributed by atoms with E-state index in [0.717, 1.165) is 17.2 Å². The summed E-state index contributed by atoms with van der Waals surface area (Å²) in [6.07, 6.45) is 4.00. The minimum absolute atomic E-state index is 0.286. The van der Waals surface area contributed by atoms with Gasteiger partial charge in [-0.15, -0.1) is 11.3 Å². The molecule has 0 unspecified atom stereocenters. The van der Waals surface area contributed by atoms with Crippen molar-refractivity contribution in [1.82, 2.24) is 5.43 Å². The Labute approximate surface area is 176 Å². The number of carboxylic acids is 1. The van der Waals surface area contributed by atoms with Crippen molar-refractivity contribution in [3.63, 3.8) is 0 Å². The van der Waals surface area contributed by atoms with Crippen molar-refractivity contribution in [1.29, 1.82) is 0 Å². The number of carboxylic acid groups (broad SMARTS) is 1. The average Bonchev–Trinajstić information content (AvgIpc) is 3.28. The minimum atomic E-state index is -1.02. The number of hydrazone groups is 1. The number of carbonyl (C=O) groups excluding carboxylic acids is 2. The first-order valence-electron chi connectivity index (χ1n) is 8.81. The van der Waals surface area contributed by atoms with E-state index >= 15 is 0 Å². The van der Waals surface area contributed by atoms with Crippen molar-refractivity contribution in [3.05, 3.63) is 93.7 Å². The van der Waals surface area contributed by atoms with Gasteiger partial charge < -0.3 is 10.4 Å². The third kappa shape index (κ3) is 5.73. The van der Waals surface area contributed by atoms with Crippen LogP contribution in [0.4, 0.5) is 5.69 Å². The summed E-state index contributed by atoms with van der Waals surface area (Å²) in [7, 11) is 0. The van der Waals surface area contributed by atoms with Crippen LogP contribution in [0.3, 0.4) is 0 Å². The van der Waals surface area contributed by atoms with Gasteiger partial charge in [-0.05, 0) is 40.8 Å². The molecule has 150 valence electrons. The standard InChI is InChI=1S/C22H17N3O4S/c26-20(27)12-11-15-7-9-16(10-8-15)14-23-25-21(28)17-4-1-2-5-18(17)24-22(29)19-6-3-13-30-19/h1-14H,(H,24,29)(H,25,28)(H,26,27)/b12-11+,23-14+. The number of para-hydroxylation sites is 1. The fourth-order valence-electron chi connectivity index (χ4n) is 2.47. The highest BCUT2D eigenvalue weighted by molar-refractivity contribution is 7.12. The predicted molar refractivity (Wildman–Crippen MR) is 117 cm³/mol. The van der Waals surface area contributed by atoms with Crippen molar-refractivity contribution in [3.8, 4) is 0 Å². The number of hydrogen-bond acceptors (Lipinski definition) is 5. The SMILES string of the molecule is O=C(O)/C=C/c1ccc(/C=N/NC(=O)c2ccccc2NC(=O)c2cccs2)cc1. The summed E-state index contributed by atoms with van der Waals surface area (Å²) in [6, 6.07) is 17.1. The van der Waals surface area contributed by atoms with Gasteiger partial charge in [0.05, 0.1) is 22.3 Å². The first-order valence-corrected chi connectivity index (χ1v) is 9.69. The Morgan fingerprint density at radius 2 is 1.63 bits per heavy atom. The first-order chi connectivity index (χ1) is 14.5. The van der Waals surface area contributed by atoms with Crippen LogP contribution in [0.1, 0.15) is 31.2 Å². The number of hydrogen-bond donors (Lipinski definition) is 3. The van der Waals surface area contributed by atoms with Gasteiger partial charge in [0.2, 0.25) is 0 Å². The lowest BCUT2D eigenvalue weighted by Gasteiger charge is -2.09. The molecule has 0 aliphatic rings. The molecule has 2 aromatic carbocycles. The van der Waals surface area contributed by atoms with Crippen LogP contribution in [-0.2, 0) is 4.79 Å². The molecule has 30 heavy (non-hydrogen) atoms. The Bertz CT molecular complexity index is 1100. The van der Waals surface area contributed by atoms with Gasteiger partial charge in [0.25, 0.3) is 11.8 Å². The third-order valence-corrected chi connectivity index (χ3v) is 4.77. The van der Waals surface area contributed by atoms with Gasteiger partial charge in [-0.25, -0.2) is 10.2 Å². The summed E-state index contributed by atoms with van der Waals surface area (Å²) in [5, 5.41) is 17.1. The normalized spacial score (nSPS) is 10.9. The van der Waals surface area contributed by atoms with Crippen LogP contribution in [0.15, 0.2) is 77.2 Å². The highest BCUT2D eigenvalue weighted by Crippen LogP contribution is 2.18. The van der Waals surface area contributed by atoms with Crippen molar-refractivity contribution < 1.29 is 19.5 Å². The van der Waals surface area contributed by atoms with Gasteiger partial charge in [-0.3, -0.25) is 9.59 Å². The monoisotopic (exact) mass is 419 g/mol. The summed E-state index contributed by atoms with van der Waals surface area (Å²) in [5.41, 5.74) is 4.57. The van der Waals surface area contributed by atoms with Crippen molar-refractivity contribution in [2.24, 2.45) is 5.10 Å². The van der Waals surface area contributed by atoms with Crippen LogP contribution in [0.5, 0.6) is 0 Å². The number of nitrogens with zero attached hydrogens (tertiary/aromatic N) is 1. The highest BCUT2D eigenvalue weighted by Gasteiger charge is 2.14. The zero-order chi connectivity index (χ0) is 21.3. The number of benzene rings is 2. The molecule has 3 aromatic rings. The van der Waals surface area contributed by atoms with Crippen LogP contribution in [0.25, 0.3) is 6.08 Å². The molecule has 0 saturated carbocycles. The van der Waals surface area contributed by atoms with Crippen LogP contribution >= 0.6 is 11.3 Å². The zero-order valence-corrected chi connectivity index (χ0v) is 16.4. The van der Waals surface area contributed by atoms with Crippen molar-refractivity contribution in [2.45, 2.75) is 0 Å². The molecule has 0 atom stereocenters. The number of amides is 2. The third-order valence-electron chi connectivity index (χ3n) is 3.90. The van der Waals surface area contributed by atoms with E-state index in [-0.39, 0.29) is 11.5 Å². The smallest absolute Gasteiger partial charge is 0.328 e. The van der Waals surface area contributed by atoms with E-state index in [1.807, 2.05) is 0 Å². The van der Waals surface area contributed by atoms with E-state index in [2.05, 4.69) is 15.8 Å². The molecule has 0 radical (unpaired) electrons. The lowest BCUT2D eigenvalue weighted by atomic mass is 10.1. The number of aliphatic carboxylic acids is 1. The Morgan fingerprint density at radius 1 is 0.900 bits per heavy atom. The Balaban J connectivity index is 1.63. The van der Waals surface area contributed by atoms with E-state index in [9.17, 15) is 14.4 Å². The molecule has 3 N–H and O–H groups in total. The molecule has 0 fully saturated rings. The Morgan fingerprint density at radius 3 is 2.33 bits per heavy atom. The van der Waals surface area contributed by atoms with E-state index in [0.29, 0.717) is 10.6 Å². The fraction of sp³-hybridized carbons (Fsp3) is 0. The fourth-order valence-corrected chi connectivity index (χ4v) is 3.09. The average molecular weight is 419 g/mol. The number of nitrogens with one attached hydrogen (secondary N) is 2. The van der Waals surface area contributed by atoms with Crippen molar-refractivity contribution >= 4 is 47.1 Å². The molecule has 0 aliphatic heterocycles. The zero-order valence-electron chi connectivity index (χ0n) is 15.6. The minimum Gasteiger partial charge on any atom is -0.478 e. The quantitative estimate of drug-likeness (QED) is 0.307. The summed E-state index contributed by atoms with van der Waals surface area (Å²) >= 11 is 1.31. The molecule has 1 heterocycles. The Kier molecular flexibility index (Phi) is 6.86. The van der Waals surface area contributed by atoms with Gasteiger partial charge in [0.15, 0.2) is 0 Å². The lowest BCUT2D eigenvalue weighted by Crippen LogP contribution is -2.21. The predicted octanol–water partition coefficient (Wildman–Crippen LogP) is 3.86. The van der Waals surface area contributed by atoms with Crippen LogP contribution in [0.2, 0.25) is 0 Å². The summed E-state index contributed by atoms with van der Waals surface area (Å²) < 4.78 is 0. The molecule has 2 amide bonds. The lowest BCUT2D eigenvalue weighted by molar-refractivity contribution is -0.131. The van der Waals surface area contributed by atoms with Crippen LogP contribution < -0.4 is 10.7 Å². The summed E-state index contributed by atoms with van der Waals surface area (Å²) in [6.45, 7) is 0. The summed E-state index contributed by atoms with van der Waals surface area (Å²) in [4.78, 5) is 35.8. The van der Waals surface area contributed by atoms with E-state index in [1.165, 1.54) is 23.6 Å². The Hall–Kier alpha value is -4.04. The van der Waals surface area contributed by atoms with Gasteiger partial charge in [0.1, 0.15) is 0 Å². The number of thiophene rings is 1. The van der Waals surface area contributed by atoms with E-state index < -0.39 is 11.9 Å². The molecule has 0 aliphatic carbocycles. The molecular formula is C22H17N3O4S. The maximum Gasteiger partial charge on any atom is 0.328 e. The second-order valence-electron chi connectivity index (χ2n) is 6.01. The molecule has 0 saturated heterocycles. The van der Waals surface area contributed by atoms with Gasteiger partial charge >= 0.3 is 5.97 Å². The van der Waals surface area contributed by atoms with E-state index in [4.69, 9.17) is 5.11 Å². The number of carbonyl (C=O) groups is 3. The molecule has 0 spiro atoms. The van der Waals surface area contributed by atoms with Gasteiger partial charge in [0, 0.05) is 6.08 Å². The first kappa shape index (κ1) is 20.7. The molecule has 7 nitrogen and oxygen atoms in total. The maximum absolute atomic E-state index is 12.5. The van der Waals surface area contributed by atoms with Gasteiger partial charge in [-0.2, -0.15) is 5.10 Å². The number of anilines is 1. The van der Waals surface area contributed by atoms with Gasteiger partial charge in [-0.1, -0.05) is 42.5 Å². The summed E-state index contributed by atoms with van der Waals surface area (Å²) in [5.74, 6) is -1.77. The molecule has 3 rings (SSSR count). The highest BCUT2D eigenvalue weighted by atomic mass is 32.1. The molecular weight excluding hydrogens is 402 g/mol. The van der Waals surface area contributed by atoms with Crippen LogP contribution in [0, 0.1) is 0 Å². The van der Waals surface area contributed by atoms with Crippen molar-refractivity contribution in [2.75, 3.05) is 5.32 Å². The van der Waals surface area contributed by atoms with Crippen LogP contribution in [-0.4, -0.2) is 29.1 Å². The van der Waals surface area contributed by atoms with E-state index in [1.54, 1.807) is 66.0 Å². The second kappa shape index (κ2) is 9.94. The topological polar surface area (TPSA) is 108 Å².